The van der Waals surface area contributed by atoms with Crippen LogP contribution in [0.25, 0.3) is 0 Å². The van der Waals surface area contributed by atoms with Gasteiger partial charge in [-0.1, -0.05) is 48.5 Å². The summed E-state index contributed by atoms with van der Waals surface area (Å²) in [5, 5.41) is 5.13. The Morgan fingerprint density at radius 3 is 2.34 bits per heavy atom. The average Bonchev–Trinajstić information content (AvgIpc) is 2.83. The minimum Gasteiger partial charge on any atom is -0.444 e. The predicted octanol–water partition coefficient (Wildman–Crippen LogP) is 2.86. The Morgan fingerprint density at radius 2 is 1.69 bits per heavy atom. The monoisotopic (exact) mass is 436 g/mol. The first-order valence-electron chi connectivity index (χ1n) is 10.4. The van der Waals surface area contributed by atoms with Gasteiger partial charge in [0.2, 0.25) is 12.1 Å². The molecule has 168 valence electrons. The minimum absolute atomic E-state index is 0.388. The summed E-state index contributed by atoms with van der Waals surface area (Å²) in [7, 11) is 1.64. The number of hydrogen-bond donors (Lipinski definition) is 2. The number of nitrogens with zero attached hydrogens (tertiary/aromatic N) is 2. The summed E-state index contributed by atoms with van der Waals surface area (Å²) in [5.41, 5.74) is 2.20. The average molecular weight is 437 g/mol. The van der Waals surface area contributed by atoms with Crippen LogP contribution in [0.1, 0.15) is 38.8 Å². The molecule has 0 spiro atoms. The van der Waals surface area contributed by atoms with Gasteiger partial charge in [-0.05, 0) is 33.8 Å². The molecular formula is C24H28N4O4. The van der Waals surface area contributed by atoms with Crippen molar-refractivity contribution in [2.75, 3.05) is 11.9 Å². The second-order valence-corrected chi connectivity index (χ2v) is 8.54. The second-order valence-electron chi connectivity index (χ2n) is 8.54. The summed E-state index contributed by atoms with van der Waals surface area (Å²) < 4.78 is 5.19. The first-order chi connectivity index (χ1) is 15.1. The predicted molar refractivity (Wildman–Crippen MR) is 123 cm³/mol. The summed E-state index contributed by atoms with van der Waals surface area (Å²) in [6.07, 6.45) is -1.87. The highest BCUT2D eigenvalue weighted by Crippen LogP contribution is 2.27. The lowest BCUT2D eigenvalue weighted by atomic mass is 10.0. The number of amides is 3. The van der Waals surface area contributed by atoms with Crippen LogP contribution in [0.15, 0.2) is 59.6 Å². The van der Waals surface area contributed by atoms with Crippen molar-refractivity contribution in [1.82, 2.24) is 10.6 Å². The molecule has 2 aromatic carbocycles. The molecule has 0 aromatic heterocycles. The number of carbonyl (C=O) groups is 3. The third-order valence-electron chi connectivity index (χ3n) is 4.80. The Morgan fingerprint density at radius 1 is 1.06 bits per heavy atom. The fraction of sp³-hybridized carbons (Fsp3) is 0.333. The number of benzene rings is 2. The van der Waals surface area contributed by atoms with Gasteiger partial charge in [0.25, 0.3) is 5.91 Å². The number of aliphatic imine (C=N–C) groups is 1. The lowest BCUT2D eigenvalue weighted by molar-refractivity contribution is -0.128. The van der Waals surface area contributed by atoms with Crippen molar-refractivity contribution in [3.8, 4) is 0 Å². The minimum atomic E-state index is -1.15. The number of ether oxygens (including phenoxy) is 1. The molecule has 8 heteroatoms. The maximum Gasteiger partial charge on any atom is 0.408 e. The van der Waals surface area contributed by atoms with Crippen molar-refractivity contribution >= 4 is 29.3 Å². The van der Waals surface area contributed by atoms with Gasteiger partial charge in [-0.3, -0.25) is 9.59 Å². The molecule has 0 saturated heterocycles. The van der Waals surface area contributed by atoms with Crippen LogP contribution < -0.4 is 15.5 Å². The summed E-state index contributed by atoms with van der Waals surface area (Å²) in [6, 6.07) is 16.0. The van der Waals surface area contributed by atoms with Gasteiger partial charge in [0.1, 0.15) is 11.6 Å². The van der Waals surface area contributed by atoms with E-state index in [0.29, 0.717) is 11.4 Å². The first-order valence-corrected chi connectivity index (χ1v) is 10.4. The van der Waals surface area contributed by atoms with E-state index in [2.05, 4.69) is 15.6 Å². The summed E-state index contributed by atoms with van der Waals surface area (Å²) in [5.74, 6) is -0.939. The van der Waals surface area contributed by atoms with E-state index < -0.39 is 29.8 Å². The molecule has 32 heavy (non-hydrogen) atoms. The van der Waals surface area contributed by atoms with Gasteiger partial charge in [0.15, 0.2) is 0 Å². The zero-order chi connectivity index (χ0) is 23.5. The maximum atomic E-state index is 13.1. The van der Waals surface area contributed by atoms with E-state index in [0.717, 1.165) is 11.1 Å². The van der Waals surface area contributed by atoms with Crippen molar-refractivity contribution in [3.63, 3.8) is 0 Å². The molecule has 1 aliphatic rings. The largest absolute Gasteiger partial charge is 0.444 e. The standard InChI is InChI=1S/C24H28N4O4/c1-15(25-23(31)32-24(2,3)4)21(29)27-20-22(30)28(5)18-14-10-9-13-17(18)19(26-20)16-11-7-6-8-12-16/h6-15,20H,1-5H3,(H,25,31)(H,27,29)/t15-,20+/m1/s1. The van der Waals surface area contributed by atoms with Crippen LogP contribution >= 0.6 is 0 Å². The van der Waals surface area contributed by atoms with Crippen LogP contribution in [-0.2, 0) is 14.3 Å². The number of carbonyl (C=O) groups excluding carboxylic acids is 3. The van der Waals surface area contributed by atoms with E-state index >= 15 is 0 Å². The van der Waals surface area contributed by atoms with E-state index in [1.54, 1.807) is 27.8 Å². The van der Waals surface area contributed by atoms with Gasteiger partial charge < -0.3 is 20.3 Å². The first kappa shape index (κ1) is 23.0. The maximum absolute atomic E-state index is 13.1. The van der Waals surface area contributed by atoms with Crippen molar-refractivity contribution in [2.45, 2.75) is 45.5 Å². The zero-order valence-corrected chi connectivity index (χ0v) is 18.9. The molecule has 2 N–H and O–H groups in total. The second kappa shape index (κ2) is 9.21. The third-order valence-corrected chi connectivity index (χ3v) is 4.80. The Balaban J connectivity index is 1.88. The number of hydrogen-bond acceptors (Lipinski definition) is 5. The number of nitrogens with one attached hydrogen (secondary N) is 2. The van der Waals surface area contributed by atoms with Gasteiger partial charge in [0.05, 0.1) is 11.4 Å². The molecule has 0 saturated carbocycles. The number of rotatable bonds is 4. The van der Waals surface area contributed by atoms with Crippen molar-refractivity contribution in [3.05, 3.63) is 65.7 Å². The molecular weight excluding hydrogens is 408 g/mol. The molecule has 0 bridgehead atoms. The molecule has 3 amide bonds. The highest BCUT2D eigenvalue weighted by Gasteiger charge is 2.32. The molecule has 0 aliphatic carbocycles. The van der Waals surface area contributed by atoms with Crippen LogP contribution in [0, 0.1) is 0 Å². The van der Waals surface area contributed by atoms with Crippen LogP contribution in [0.5, 0.6) is 0 Å². The lowest BCUT2D eigenvalue weighted by Gasteiger charge is -2.23. The van der Waals surface area contributed by atoms with E-state index in [-0.39, 0.29) is 5.91 Å². The SMILES string of the molecule is C[C@@H](NC(=O)OC(C)(C)C)C(=O)N[C@@H]1N=C(c2ccccc2)c2ccccc2N(C)C1=O. The number of benzodiazepines with no additional fused rings is 1. The topological polar surface area (TPSA) is 100 Å². The smallest absolute Gasteiger partial charge is 0.408 e. The Kier molecular flexibility index (Phi) is 6.62. The molecule has 0 unspecified atom stereocenters. The van der Waals surface area contributed by atoms with Gasteiger partial charge in [-0.25, -0.2) is 9.79 Å². The van der Waals surface area contributed by atoms with Gasteiger partial charge >= 0.3 is 6.09 Å². The molecule has 3 rings (SSSR count). The number of fused-ring (bicyclic) bond motifs is 1. The highest BCUT2D eigenvalue weighted by molar-refractivity contribution is 6.20. The molecule has 2 atom stereocenters. The van der Waals surface area contributed by atoms with Gasteiger partial charge in [-0.15, -0.1) is 0 Å². The number of alkyl carbamates (subject to hydrolysis) is 1. The Bertz CT molecular complexity index is 1040. The van der Waals surface area contributed by atoms with Crippen LogP contribution in [0.3, 0.4) is 0 Å². The van der Waals surface area contributed by atoms with Crippen LogP contribution in [0.4, 0.5) is 10.5 Å². The fourth-order valence-corrected chi connectivity index (χ4v) is 3.25. The highest BCUT2D eigenvalue weighted by atomic mass is 16.6. The third kappa shape index (κ3) is 5.32. The van der Waals surface area contributed by atoms with Crippen LogP contribution in [0.2, 0.25) is 0 Å². The van der Waals surface area contributed by atoms with E-state index in [1.807, 2.05) is 54.6 Å². The fourth-order valence-electron chi connectivity index (χ4n) is 3.25. The summed E-state index contributed by atoms with van der Waals surface area (Å²) in [4.78, 5) is 44.0. The van der Waals surface area contributed by atoms with Crippen molar-refractivity contribution in [2.24, 2.45) is 4.99 Å². The van der Waals surface area contributed by atoms with Crippen molar-refractivity contribution in [1.29, 1.82) is 0 Å². The number of anilines is 1. The van der Waals surface area contributed by atoms with Gasteiger partial charge in [0, 0.05) is 18.2 Å². The van der Waals surface area contributed by atoms with E-state index in [9.17, 15) is 14.4 Å². The molecule has 8 nitrogen and oxygen atoms in total. The molecule has 0 radical (unpaired) electrons. The van der Waals surface area contributed by atoms with Crippen molar-refractivity contribution < 1.29 is 19.1 Å². The molecule has 1 heterocycles. The normalized spacial score (nSPS) is 16.9. The van der Waals surface area contributed by atoms with E-state index in [4.69, 9.17) is 4.74 Å². The number of para-hydroxylation sites is 1. The number of likely N-dealkylation sites (N-methyl/N-ethyl adjacent to an activating group) is 1. The summed E-state index contributed by atoms with van der Waals surface area (Å²) in [6.45, 7) is 6.71. The molecule has 2 aromatic rings. The van der Waals surface area contributed by atoms with E-state index in [1.165, 1.54) is 11.8 Å². The molecule has 1 aliphatic heterocycles. The lowest BCUT2D eigenvalue weighted by Crippen LogP contribution is -2.52. The van der Waals surface area contributed by atoms with Gasteiger partial charge in [-0.2, -0.15) is 0 Å². The molecule has 0 fully saturated rings. The summed E-state index contributed by atoms with van der Waals surface area (Å²) >= 11 is 0. The Labute approximate surface area is 187 Å². The zero-order valence-electron chi connectivity index (χ0n) is 18.9. The Hall–Kier alpha value is -3.68. The quantitative estimate of drug-likeness (QED) is 0.770. The van der Waals surface area contributed by atoms with Crippen LogP contribution in [-0.4, -0.2) is 48.5 Å².